The first-order chi connectivity index (χ1) is 11.8. The van der Waals surface area contributed by atoms with Gasteiger partial charge in [0.2, 0.25) is 11.8 Å². The van der Waals surface area contributed by atoms with Crippen LogP contribution in [0, 0.1) is 12.7 Å². The minimum atomic E-state index is -0.366. The Morgan fingerprint density at radius 2 is 1.64 bits per heavy atom. The maximum Gasteiger partial charge on any atom is 0.238 e. The van der Waals surface area contributed by atoms with Crippen LogP contribution in [0.2, 0.25) is 0 Å². The fraction of sp³-hybridized carbons (Fsp3) is 0.222. The summed E-state index contributed by atoms with van der Waals surface area (Å²) in [5.74, 6) is -0.848. The second-order valence-electron chi connectivity index (χ2n) is 5.73. The van der Waals surface area contributed by atoms with Crippen molar-refractivity contribution in [2.75, 3.05) is 30.8 Å². The van der Waals surface area contributed by atoms with E-state index >= 15 is 0 Å². The van der Waals surface area contributed by atoms with E-state index in [0.717, 1.165) is 15.7 Å². The highest BCUT2D eigenvalue weighted by Crippen LogP contribution is 2.19. The Morgan fingerprint density at radius 1 is 1.04 bits per heavy atom. The Hall–Kier alpha value is -2.25. The van der Waals surface area contributed by atoms with Gasteiger partial charge in [0.1, 0.15) is 5.82 Å². The summed E-state index contributed by atoms with van der Waals surface area (Å²) >= 11 is 3.37. The minimum Gasteiger partial charge on any atom is -0.325 e. The summed E-state index contributed by atoms with van der Waals surface area (Å²) in [6, 6.07) is 11.1. The number of likely N-dealkylation sites (N-methyl/N-ethyl adjacent to an activating group) is 1. The third-order valence-electron chi connectivity index (χ3n) is 3.42. The zero-order chi connectivity index (χ0) is 18.4. The number of amides is 2. The highest BCUT2D eigenvalue weighted by molar-refractivity contribution is 9.10. The number of hydrogen-bond donors (Lipinski definition) is 2. The molecule has 7 heteroatoms. The maximum atomic E-state index is 12.8. The molecule has 0 spiro atoms. The summed E-state index contributed by atoms with van der Waals surface area (Å²) < 4.78 is 13.8. The van der Waals surface area contributed by atoms with Crippen LogP contribution in [0.15, 0.2) is 46.9 Å². The number of halogens is 2. The highest BCUT2D eigenvalue weighted by Gasteiger charge is 2.12. The molecule has 5 nitrogen and oxygen atoms in total. The second-order valence-corrected chi connectivity index (χ2v) is 6.65. The molecule has 2 aromatic rings. The number of nitrogens with one attached hydrogen (secondary N) is 2. The van der Waals surface area contributed by atoms with E-state index in [-0.39, 0.29) is 30.7 Å². The summed E-state index contributed by atoms with van der Waals surface area (Å²) in [7, 11) is 1.68. The van der Waals surface area contributed by atoms with Crippen LogP contribution in [0.5, 0.6) is 0 Å². The maximum absolute atomic E-state index is 12.8. The summed E-state index contributed by atoms with van der Waals surface area (Å²) in [6.45, 7) is 2.02. The lowest BCUT2D eigenvalue weighted by molar-refractivity contribution is -0.119. The Bertz CT molecular complexity index is 765. The number of hydrogen-bond acceptors (Lipinski definition) is 3. The van der Waals surface area contributed by atoms with Crippen molar-refractivity contribution in [1.29, 1.82) is 0 Å². The number of anilines is 2. The first-order valence-electron chi connectivity index (χ1n) is 7.63. The normalized spacial score (nSPS) is 10.6. The average molecular weight is 408 g/mol. The lowest BCUT2D eigenvalue weighted by Crippen LogP contribution is -2.36. The topological polar surface area (TPSA) is 61.4 Å². The van der Waals surface area contributed by atoms with Crippen LogP contribution in [0.4, 0.5) is 15.8 Å². The smallest absolute Gasteiger partial charge is 0.238 e. The summed E-state index contributed by atoms with van der Waals surface area (Å²) in [4.78, 5) is 25.7. The van der Waals surface area contributed by atoms with Gasteiger partial charge >= 0.3 is 0 Å². The fourth-order valence-electron chi connectivity index (χ4n) is 2.24. The van der Waals surface area contributed by atoms with Crippen LogP contribution in [0.1, 0.15) is 5.56 Å². The second kappa shape index (κ2) is 8.73. The van der Waals surface area contributed by atoms with Gasteiger partial charge in [0.25, 0.3) is 0 Å². The molecule has 0 atom stereocenters. The Labute approximate surface area is 154 Å². The van der Waals surface area contributed by atoms with E-state index < -0.39 is 0 Å². The molecule has 132 valence electrons. The van der Waals surface area contributed by atoms with Gasteiger partial charge in [0, 0.05) is 15.8 Å². The molecule has 0 saturated heterocycles. The molecule has 2 amide bonds. The Balaban J connectivity index is 1.82. The summed E-state index contributed by atoms with van der Waals surface area (Å²) in [6.07, 6.45) is 0. The molecule has 2 N–H and O–H groups in total. The first-order valence-corrected chi connectivity index (χ1v) is 8.43. The lowest BCUT2D eigenvalue weighted by atomic mass is 10.2. The van der Waals surface area contributed by atoms with Crippen LogP contribution in [-0.4, -0.2) is 36.9 Å². The van der Waals surface area contributed by atoms with Crippen molar-refractivity contribution in [2.24, 2.45) is 0 Å². The van der Waals surface area contributed by atoms with Crippen LogP contribution in [0.25, 0.3) is 0 Å². The Morgan fingerprint density at radius 3 is 2.24 bits per heavy atom. The first kappa shape index (κ1) is 19.1. The standard InChI is InChI=1S/C18H19BrFN3O2/c1-12-9-13(19)3-8-16(12)22-18(25)11-23(2)10-17(24)21-15-6-4-14(20)5-7-15/h3-9H,10-11H2,1-2H3,(H,21,24)(H,22,25). The molecule has 0 fully saturated rings. The van der Waals surface area contributed by atoms with Crippen molar-refractivity contribution in [3.63, 3.8) is 0 Å². The van der Waals surface area contributed by atoms with Gasteiger partial charge in [-0.15, -0.1) is 0 Å². The van der Waals surface area contributed by atoms with Gasteiger partial charge in [0.05, 0.1) is 13.1 Å². The number of benzene rings is 2. The molecule has 0 heterocycles. The SMILES string of the molecule is Cc1cc(Br)ccc1NC(=O)CN(C)CC(=O)Nc1ccc(F)cc1. The minimum absolute atomic E-state index is 0.0458. The van der Waals surface area contributed by atoms with E-state index in [1.54, 1.807) is 11.9 Å². The van der Waals surface area contributed by atoms with Gasteiger partial charge in [-0.2, -0.15) is 0 Å². The van der Waals surface area contributed by atoms with Crippen molar-refractivity contribution < 1.29 is 14.0 Å². The van der Waals surface area contributed by atoms with E-state index in [1.807, 2.05) is 25.1 Å². The van der Waals surface area contributed by atoms with E-state index in [4.69, 9.17) is 0 Å². The molecular weight excluding hydrogens is 389 g/mol. The lowest BCUT2D eigenvalue weighted by Gasteiger charge is -2.16. The van der Waals surface area contributed by atoms with E-state index in [1.165, 1.54) is 24.3 Å². The third-order valence-corrected chi connectivity index (χ3v) is 3.91. The van der Waals surface area contributed by atoms with Crippen molar-refractivity contribution in [1.82, 2.24) is 4.90 Å². The predicted octanol–water partition coefficient (Wildman–Crippen LogP) is 3.41. The van der Waals surface area contributed by atoms with E-state index in [9.17, 15) is 14.0 Å². The molecule has 0 aliphatic carbocycles. The van der Waals surface area contributed by atoms with Gasteiger partial charge in [-0.3, -0.25) is 14.5 Å². The molecular formula is C18H19BrFN3O2. The molecule has 25 heavy (non-hydrogen) atoms. The molecule has 0 saturated carbocycles. The predicted molar refractivity (Wildman–Crippen MR) is 100 cm³/mol. The zero-order valence-electron chi connectivity index (χ0n) is 14.0. The largest absolute Gasteiger partial charge is 0.325 e. The van der Waals surface area contributed by atoms with E-state index in [2.05, 4.69) is 26.6 Å². The van der Waals surface area contributed by atoms with Gasteiger partial charge in [-0.05, 0) is 62.0 Å². The van der Waals surface area contributed by atoms with Crippen LogP contribution in [-0.2, 0) is 9.59 Å². The number of carbonyl (C=O) groups is 2. The molecule has 0 aromatic heterocycles. The monoisotopic (exact) mass is 407 g/mol. The van der Waals surface area contributed by atoms with Gasteiger partial charge in [-0.1, -0.05) is 15.9 Å². The van der Waals surface area contributed by atoms with Crippen LogP contribution >= 0.6 is 15.9 Å². The van der Waals surface area contributed by atoms with Gasteiger partial charge in [-0.25, -0.2) is 4.39 Å². The molecule has 0 unspecified atom stereocenters. The number of aryl methyl sites for hydroxylation is 1. The highest BCUT2D eigenvalue weighted by atomic mass is 79.9. The molecule has 0 radical (unpaired) electrons. The van der Waals surface area contributed by atoms with Crippen molar-refractivity contribution >= 4 is 39.1 Å². The number of rotatable bonds is 6. The summed E-state index contributed by atoms with van der Waals surface area (Å²) in [5, 5.41) is 5.48. The number of carbonyl (C=O) groups excluding carboxylic acids is 2. The van der Waals surface area contributed by atoms with Crippen LogP contribution < -0.4 is 10.6 Å². The molecule has 0 bridgehead atoms. The van der Waals surface area contributed by atoms with Gasteiger partial charge < -0.3 is 10.6 Å². The zero-order valence-corrected chi connectivity index (χ0v) is 15.6. The fourth-order valence-corrected chi connectivity index (χ4v) is 2.71. The van der Waals surface area contributed by atoms with Crippen LogP contribution in [0.3, 0.4) is 0 Å². The quantitative estimate of drug-likeness (QED) is 0.770. The number of nitrogens with zero attached hydrogens (tertiary/aromatic N) is 1. The third kappa shape index (κ3) is 6.28. The molecule has 0 aliphatic heterocycles. The molecule has 2 rings (SSSR count). The van der Waals surface area contributed by atoms with Crippen molar-refractivity contribution in [2.45, 2.75) is 6.92 Å². The molecule has 2 aromatic carbocycles. The van der Waals surface area contributed by atoms with Crippen molar-refractivity contribution in [3.05, 3.63) is 58.3 Å². The summed E-state index contributed by atoms with van der Waals surface area (Å²) in [5.41, 5.74) is 2.19. The average Bonchev–Trinajstić information content (AvgIpc) is 2.52. The van der Waals surface area contributed by atoms with Gasteiger partial charge in [0.15, 0.2) is 0 Å². The van der Waals surface area contributed by atoms with E-state index in [0.29, 0.717) is 5.69 Å². The van der Waals surface area contributed by atoms with Crippen molar-refractivity contribution in [3.8, 4) is 0 Å². The Kier molecular flexibility index (Phi) is 6.66. The molecule has 0 aliphatic rings.